The van der Waals surface area contributed by atoms with Crippen molar-refractivity contribution < 1.29 is 14.3 Å². The summed E-state index contributed by atoms with van der Waals surface area (Å²) in [5.41, 5.74) is 3.03. The third-order valence-electron chi connectivity index (χ3n) is 3.96. The molecule has 3 aromatic rings. The predicted octanol–water partition coefficient (Wildman–Crippen LogP) is 2.14. The highest BCUT2D eigenvalue weighted by Crippen LogP contribution is 2.35. The third-order valence-corrected chi connectivity index (χ3v) is 3.96. The molecule has 0 saturated heterocycles. The summed E-state index contributed by atoms with van der Waals surface area (Å²) in [5, 5.41) is 7.16. The molecule has 3 heterocycles. The van der Waals surface area contributed by atoms with Crippen LogP contribution < -0.4 is 14.8 Å². The Labute approximate surface area is 144 Å². The zero-order chi connectivity index (χ0) is 17.2. The first kappa shape index (κ1) is 15.2. The highest BCUT2D eigenvalue weighted by molar-refractivity contribution is 5.93. The molecule has 0 radical (unpaired) electrons. The van der Waals surface area contributed by atoms with Gasteiger partial charge in [-0.1, -0.05) is 6.07 Å². The van der Waals surface area contributed by atoms with Gasteiger partial charge in [-0.05, 0) is 35.9 Å². The molecule has 7 nitrogen and oxygen atoms in total. The molecule has 1 amide bonds. The summed E-state index contributed by atoms with van der Waals surface area (Å²) in [6, 6.07) is 11.2. The van der Waals surface area contributed by atoms with E-state index in [1.165, 1.54) is 0 Å². The first-order chi connectivity index (χ1) is 12.2. The molecule has 1 aliphatic heterocycles. The van der Waals surface area contributed by atoms with Crippen LogP contribution in [0.3, 0.4) is 0 Å². The molecule has 0 saturated carbocycles. The first-order valence-electron chi connectivity index (χ1n) is 7.82. The van der Waals surface area contributed by atoms with E-state index in [2.05, 4.69) is 15.4 Å². The van der Waals surface area contributed by atoms with Crippen LogP contribution in [0.4, 0.5) is 0 Å². The van der Waals surface area contributed by atoms with E-state index >= 15 is 0 Å². The van der Waals surface area contributed by atoms with Crippen LogP contribution in [-0.4, -0.2) is 27.5 Å². The van der Waals surface area contributed by atoms with Crippen LogP contribution in [0.15, 0.2) is 48.8 Å². The average molecular weight is 336 g/mol. The number of hydrogen-bond acceptors (Lipinski definition) is 5. The lowest BCUT2D eigenvalue weighted by atomic mass is 10.1. The number of benzene rings is 1. The van der Waals surface area contributed by atoms with Crippen LogP contribution in [0.25, 0.3) is 11.3 Å². The van der Waals surface area contributed by atoms with Crippen molar-refractivity contribution in [2.24, 2.45) is 7.05 Å². The number of rotatable bonds is 4. The SMILES string of the molecule is Cn1nc(C(=O)NCc2cccnc2)cc1-c1ccc2c(c1)OCO2. The van der Waals surface area contributed by atoms with Crippen LogP contribution in [0.2, 0.25) is 0 Å². The molecule has 2 aromatic heterocycles. The zero-order valence-corrected chi connectivity index (χ0v) is 13.6. The second-order valence-corrected chi connectivity index (χ2v) is 5.65. The Hall–Kier alpha value is -3.35. The van der Waals surface area contributed by atoms with Crippen molar-refractivity contribution in [1.29, 1.82) is 0 Å². The molecule has 0 fully saturated rings. The highest BCUT2D eigenvalue weighted by Gasteiger charge is 2.18. The van der Waals surface area contributed by atoms with Gasteiger partial charge in [0.15, 0.2) is 17.2 Å². The quantitative estimate of drug-likeness (QED) is 0.790. The average Bonchev–Trinajstić information content (AvgIpc) is 3.26. The molecule has 4 rings (SSSR count). The molecular formula is C18H16N4O3. The number of aryl methyl sites for hydroxylation is 1. The number of carbonyl (C=O) groups excluding carboxylic acids is 1. The molecule has 0 aliphatic carbocycles. The highest BCUT2D eigenvalue weighted by atomic mass is 16.7. The van der Waals surface area contributed by atoms with Gasteiger partial charge in [0.05, 0.1) is 5.69 Å². The molecule has 126 valence electrons. The van der Waals surface area contributed by atoms with Gasteiger partial charge in [0, 0.05) is 31.5 Å². The molecular weight excluding hydrogens is 320 g/mol. The Kier molecular flexibility index (Phi) is 3.81. The van der Waals surface area contributed by atoms with Gasteiger partial charge < -0.3 is 14.8 Å². The minimum absolute atomic E-state index is 0.228. The number of nitrogens with one attached hydrogen (secondary N) is 1. The second-order valence-electron chi connectivity index (χ2n) is 5.65. The van der Waals surface area contributed by atoms with Gasteiger partial charge in [0.2, 0.25) is 6.79 Å². The van der Waals surface area contributed by atoms with E-state index in [0.717, 1.165) is 22.6 Å². The van der Waals surface area contributed by atoms with E-state index in [-0.39, 0.29) is 12.7 Å². The zero-order valence-electron chi connectivity index (χ0n) is 13.6. The Morgan fingerprint density at radius 3 is 2.96 bits per heavy atom. The normalized spacial score (nSPS) is 12.2. The first-order valence-corrected chi connectivity index (χ1v) is 7.82. The second kappa shape index (κ2) is 6.27. The van der Waals surface area contributed by atoms with E-state index in [1.807, 2.05) is 30.3 Å². The standard InChI is InChI=1S/C18H16N4O3/c1-22-15(13-4-5-16-17(7-13)25-11-24-16)8-14(21-22)18(23)20-10-12-3-2-6-19-9-12/h2-9H,10-11H2,1H3,(H,20,23). The van der Waals surface area contributed by atoms with E-state index in [4.69, 9.17) is 9.47 Å². The molecule has 0 unspecified atom stereocenters. The van der Waals surface area contributed by atoms with Gasteiger partial charge in [-0.2, -0.15) is 5.10 Å². The minimum atomic E-state index is -0.230. The summed E-state index contributed by atoms with van der Waals surface area (Å²) in [6.45, 7) is 0.634. The number of aromatic nitrogens is 3. The Morgan fingerprint density at radius 2 is 2.12 bits per heavy atom. The Balaban J connectivity index is 1.52. The fourth-order valence-electron chi connectivity index (χ4n) is 2.68. The number of nitrogens with zero attached hydrogens (tertiary/aromatic N) is 3. The summed E-state index contributed by atoms with van der Waals surface area (Å²) < 4.78 is 12.4. The third kappa shape index (κ3) is 3.03. The van der Waals surface area contributed by atoms with E-state index in [9.17, 15) is 4.79 Å². The van der Waals surface area contributed by atoms with Gasteiger partial charge in [-0.25, -0.2) is 0 Å². The largest absolute Gasteiger partial charge is 0.454 e. The van der Waals surface area contributed by atoms with Gasteiger partial charge in [0.1, 0.15) is 0 Å². The molecule has 0 bridgehead atoms. The maximum absolute atomic E-state index is 12.4. The summed E-state index contributed by atoms with van der Waals surface area (Å²) in [6.07, 6.45) is 3.42. The van der Waals surface area contributed by atoms with Gasteiger partial charge in [-0.3, -0.25) is 14.5 Å². The van der Waals surface area contributed by atoms with E-state index in [0.29, 0.717) is 18.0 Å². The lowest BCUT2D eigenvalue weighted by Gasteiger charge is -2.03. The molecule has 25 heavy (non-hydrogen) atoms. The summed E-state index contributed by atoms with van der Waals surface area (Å²) >= 11 is 0. The number of hydrogen-bond donors (Lipinski definition) is 1. The van der Waals surface area contributed by atoms with Crippen LogP contribution in [0.5, 0.6) is 11.5 Å². The number of pyridine rings is 1. The number of amides is 1. The fraction of sp³-hybridized carbons (Fsp3) is 0.167. The number of carbonyl (C=O) groups is 1. The minimum Gasteiger partial charge on any atom is -0.454 e. The Bertz CT molecular complexity index is 921. The lowest BCUT2D eigenvalue weighted by molar-refractivity contribution is 0.0945. The fourth-order valence-corrected chi connectivity index (χ4v) is 2.68. The number of fused-ring (bicyclic) bond motifs is 1. The van der Waals surface area contributed by atoms with Crippen LogP contribution in [0.1, 0.15) is 16.1 Å². The van der Waals surface area contributed by atoms with E-state index < -0.39 is 0 Å². The topological polar surface area (TPSA) is 78.3 Å². The molecule has 0 spiro atoms. The molecule has 1 aliphatic rings. The van der Waals surface area contributed by atoms with Crippen molar-refractivity contribution in [2.75, 3.05) is 6.79 Å². The summed E-state index contributed by atoms with van der Waals surface area (Å²) in [5.74, 6) is 1.19. The molecule has 1 aromatic carbocycles. The monoisotopic (exact) mass is 336 g/mol. The van der Waals surface area contributed by atoms with E-state index in [1.54, 1.807) is 30.2 Å². The maximum atomic E-state index is 12.4. The predicted molar refractivity (Wildman–Crippen MR) is 90.2 cm³/mol. The van der Waals surface area contributed by atoms with Crippen molar-refractivity contribution in [2.45, 2.75) is 6.54 Å². The van der Waals surface area contributed by atoms with Crippen LogP contribution >= 0.6 is 0 Å². The van der Waals surface area contributed by atoms with Gasteiger partial charge in [-0.15, -0.1) is 0 Å². The van der Waals surface area contributed by atoms with Crippen LogP contribution in [0, 0.1) is 0 Å². The summed E-state index contributed by atoms with van der Waals surface area (Å²) in [7, 11) is 1.80. The number of ether oxygens (including phenoxy) is 2. The van der Waals surface area contributed by atoms with Crippen molar-refractivity contribution in [3.63, 3.8) is 0 Å². The van der Waals surface area contributed by atoms with Gasteiger partial charge in [0.25, 0.3) is 5.91 Å². The smallest absolute Gasteiger partial charge is 0.272 e. The van der Waals surface area contributed by atoms with Crippen LogP contribution in [-0.2, 0) is 13.6 Å². The van der Waals surface area contributed by atoms with Crippen molar-refractivity contribution >= 4 is 5.91 Å². The maximum Gasteiger partial charge on any atom is 0.272 e. The van der Waals surface area contributed by atoms with Gasteiger partial charge >= 0.3 is 0 Å². The Morgan fingerprint density at radius 1 is 1.24 bits per heavy atom. The molecule has 1 N–H and O–H groups in total. The molecule has 7 heteroatoms. The molecule has 0 atom stereocenters. The van der Waals surface area contributed by atoms with Crippen molar-refractivity contribution in [3.05, 3.63) is 60.0 Å². The van der Waals surface area contributed by atoms with Crippen molar-refractivity contribution in [3.8, 4) is 22.8 Å². The summed E-state index contributed by atoms with van der Waals surface area (Å²) in [4.78, 5) is 16.4. The lowest BCUT2D eigenvalue weighted by Crippen LogP contribution is -2.23. The van der Waals surface area contributed by atoms with Crippen molar-refractivity contribution in [1.82, 2.24) is 20.1 Å².